The molecule has 0 bridgehead atoms. The molecule has 4 rings (SSSR count). The van der Waals surface area contributed by atoms with Gasteiger partial charge >= 0.3 is 5.97 Å². The SMILES string of the molecule is C[C@H](OC(=O)CCN=C1NS(=O)(=O)c2ccccc21)C(=O)N1c2ccccc2NC(=O)C1(C)C. The molecule has 10 nitrogen and oxygen atoms in total. The van der Waals surface area contributed by atoms with Gasteiger partial charge in [0.25, 0.3) is 15.9 Å². The van der Waals surface area contributed by atoms with Crippen molar-refractivity contribution in [1.29, 1.82) is 0 Å². The summed E-state index contributed by atoms with van der Waals surface area (Å²) >= 11 is 0. The number of esters is 1. The number of anilines is 2. The average molecular weight is 485 g/mol. The number of sulfonamides is 1. The Balaban J connectivity index is 1.42. The fraction of sp³-hybridized carbons (Fsp3) is 0.304. The van der Waals surface area contributed by atoms with Crippen molar-refractivity contribution in [2.75, 3.05) is 16.8 Å². The van der Waals surface area contributed by atoms with Crippen LogP contribution in [0, 0.1) is 0 Å². The lowest BCUT2D eigenvalue weighted by atomic mass is 9.95. The van der Waals surface area contributed by atoms with Gasteiger partial charge in [-0.3, -0.25) is 29.0 Å². The van der Waals surface area contributed by atoms with E-state index in [4.69, 9.17) is 4.74 Å². The maximum absolute atomic E-state index is 13.2. The van der Waals surface area contributed by atoms with Crippen molar-refractivity contribution >= 4 is 45.0 Å². The maximum atomic E-state index is 13.2. The highest BCUT2D eigenvalue weighted by atomic mass is 32.2. The normalized spacial score (nSPS) is 19.4. The highest BCUT2D eigenvalue weighted by molar-refractivity contribution is 7.90. The minimum Gasteiger partial charge on any atom is -0.452 e. The summed E-state index contributed by atoms with van der Waals surface area (Å²) < 4.78 is 32.0. The number of hydrogen-bond acceptors (Lipinski definition) is 7. The molecule has 34 heavy (non-hydrogen) atoms. The third-order valence-corrected chi connectivity index (χ3v) is 7.03. The van der Waals surface area contributed by atoms with E-state index < -0.39 is 33.5 Å². The molecule has 0 spiro atoms. The summed E-state index contributed by atoms with van der Waals surface area (Å²) in [5.74, 6) is -1.41. The Kier molecular flexibility index (Phi) is 5.90. The Morgan fingerprint density at radius 3 is 2.56 bits per heavy atom. The first-order chi connectivity index (χ1) is 16.0. The summed E-state index contributed by atoms with van der Waals surface area (Å²) in [5, 5.41) is 2.78. The molecule has 0 aromatic heterocycles. The fourth-order valence-electron chi connectivity index (χ4n) is 3.85. The van der Waals surface area contributed by atoms with Gasteiger partial charge in [-0.1, -0.05) is 24.3 Å². The van der Waals surface area contributed by atoms with Gasteiger partial charge in [0.05, 0.1) is 29.2 Å². The van der Waals surface area contributed by atoms with E-state index in [-0.39, 0.29) is 29.6 Å². The zero-order valence-electron chi connectivity index (χ0n) is 18.9. The number of benzene rings is 2. The van der Waals surface area contributed by atoms with Crippen molar-refractivity contribution in [3.63, 3.8) is 0 Å². The summed E-state index contributed by atoms with van der Waals surface area (Å²) in [7, 11) is -3.67. The first-order valence-corrected chi connectivity index (χ1v) is 12.1. The van der Waals surface area contributed by atoms with Gasteiger partial charge in [0.15, 0.2) is 6.10 Å². The average Bonchev–Trinajstić information content (AvgIpc) is 3.04. The molecule has 2 aliphatic heterocycles. The number of carbonyl (C=O) groups is 3. The quantitative estimate of drug-likeness (QED) is 0.622. The number of ether oxygens (including phenoxy) is 1. The lowest BCUT2D eigenvalue weighted by Gasteiger charge is -2.42. The number of aliphatic imine (C=N–C) groups is 1. The molecule has 0 fully saturated rings. The number of amides is 2. The second kappa shape index (κ2) is 8.56. The molecule has 0 radical (unpaired) electrons. The van der Waals surface area contributed by atoms with Crippen LogP contribution in [0.15, 0.2) is 58.4 Å². The van der Waals surface area contributed by atoms with Crippen molar-refractivity contribution in [2.45, 2.75) is 43.7 Å². The number of fused-ring (bicyclic) bond motifs is 2. The van der Waals surface area contributed by atoms with E-state index in [1.165, 1.54) is 17.9 Å². The standard InChI is InChI=1S/C23H24N4O6S/c1-14(21(29)27-17-10-6-5-9-16(17)25-22(30)23(27,2)3)33-19(28)12-13-24-20-15-8-4-7-11-18(15)34(31,32)26-20/h4-11,14H,12-13H2,1-3H3,(H,24,26)(H,25,30)/t14-/m0/s1. The molecule has 11 heteroatoms. The van der Waals surface area contributed by atoms with Gasteiger partial charge in [0.2, 0.25) is 5.91 Å². The van der Waals surface area contributed by atoms with Gasteiger partial charge in [0, 0.05) is 5.56 Å². The molecule has 0 saturated carbocycles. The second-order valence-corrected chi connectivity index (χ2v) is 10.1. The van der Waals surface area contributed by atoms with Crippen LogP contribution < -0.4 is 14.9 Å². The Morgan fingerprint density at radius 1 is 1.12 bits per heavy atom. The molecule has 2 heterocycles. The molecule has 2 aromatic rings. The van der Waals surface area contributed by atoms with Crippen molar-refractivity contribution in [3.05, 3.63) is 54.1 Å². The Morgan fingerprint density at radius 2 is 1.79 bits per heavy atom. The Labute approximate surface area is 197 Å². The minimum absolute atomic E-state index is 0.0353. The van der Waals surface area contributed by atoms with E-state index in [0.717, 1.165) is 0 Å². The van der Waals surface area contributed by atoms with Crippen LogP contribution in [0.1, 0.15) is 32.8 Å². The fourth-order valence-corrected chi connectivity index (χ4v) is 5.10. The smallest absolute Gasteiger partial charge is 0.308 e. The monoisotopic (exact) mass is 484 g/mol. The highest BCUT2D eigenvalue weighted by Crippen LogP contribution is 2.37. The Hall–Kier alpha value is -3.73. The lowest BCUT2D eigenvalue weighted by molar-refractivity contribution is -0.154. The van der Waals surface area contributed by atoms with Gasteiger partial charge < -0.3 is 10.1 Å². The summed E-state index contributed by atoms with van der Waals surface area (Å²) in [6.07, 6.45) is -1.31. The Bertz CT molecular complexity index is 1320. The largest absolute Gasteiger partial charge is 0.452 e. The van der Waals surface area contributed by atoms with Crippen LogP contribution in [0.5, 0.6) is 0 Å². The maximum Gasteiger partial charge on any atom is 0.308 e. The summed E-state index contributed by atoms with van der Waals surface area (Å²) in [4.78, 5) is 43.8. The third-order valence-electron chi connectivity index (χ3n) is 5.63. The topological polar surface area (TPSA) is 134 Å². The predicted octanol–water partition coefficient (Wildman–Crippen LogP) is 1.81. The molecule has 0 unspecified atom stereocenters. The molecule has 1 atom stereocenters. The zero-order chi connectivity index (χ0) is 24.7. The van der Waals surface area contributed by atoms with E-state index in [9.17, 15) is 22.8 Å². The molecular formula is C23H24N4O6S. The molecule has 0 aliphatic carbocycles. The van der Waals surface area contributed by atoms with Crippen LogP contribution in [0.25, 0.3) is 0 Å². The van der Waals surface area contributed by atoms with Gasteiger partial charge in [-0.15, -0.1) is 0 Å². The first kappa shape index (κ1) is 23.4. The van der Waals surface area contributed by atoms with Gasteiger partial charge in [0.1, 0.15) is 11.4 Å². The molecule has 2 N–H and O–H groups in total. The first-order valence-electron chi connectivity index (χ1n) is 10.6. The summed E-state index contributed by atoms with van der Waals surface area (Å²) in [5.41, 5.74) is 0.251. The molecule has 0 saturated heterocycles. The van der Waals surface area contributed by atoms with Crippen molar-refractivity contribution in [2.24, 2.45) is 4.99 Å². The lowest BCUT2D eigenvalue weighted by Crippen LogP contribution is -2.60. The number of hydrogen-bond donors (Lipinski definition) is 2. The van der Waals surface area contributed by atoms with Crippen LogP contribution in [-0.4, -0.2) is 50.2 Å². The number of para-hydroxylation sites is 2. The van der Waals surface area contributed by atoms with Crippen LogP contribution in [0.4, 0.5) is 11.4 Å². The van der Waals surface area contributed by atoms with Crippen molar-refractivity contribution < 1.29 is 27.5 Å². The summed E-state index contributed by atoms with van der Waals surface area (Å²) in [6.45, 7) is 4.63. The van der Waals surface area contributed by atoms with E-state index in [1.807, 2.05) is 0 Å². The van der Waals surface area contributed by atoms with E-state index >= 15 is 0 Å². The number of rotatable bonds is 5. The second-order valence-electron chi connectivity index (χ2n) is 8.42. The third kappa shape index (κ3) is 4.14. The highest BCUT2D eigenvalue weighted by Gasteiger charge is 2.45. The van der Waals surface area contributed by atoms with Crippen LogP contribution >= 0.6 is 0 Å². The number of nitrogens with one attached hydrogen (secondary N) is 2. The van der Waals surface area contributed by atoms with E-state index in [0.29, 0.717) is 16.9 Å². The summed E-state index contributed by atoms with van der Waals surface area (Å²) in [6, 6.07) is 13.3. The number of carbonyl (C=O) groups excluding carboxylic acids is 3. The molecular weight excluding hydrogens is 460 g/mol. The van der Waals surface area contributed by atoms with Crippen molar-refractivity contribution in [1.82, 2.24) is 4.72 Å². The molecule has 2 aromatic carbocycles. The number of nitrogens with zero attached hydrogens (tertiary/aromatic N) is 2. The van der Waals surface area contributed by atoms with E-state index in [2.05, 4.69) is 15.0 Å². The van der Waals surface area contributed by atoms with Gasteiger partial charge in [-0.25, -0.2) is 8.42 Å². The predicted molar refractivity (Wildman–Crippen MR) is 125 cm³/mol. The molecule has 178 valence electrons. The van der Waals surface area contributed by atoms with Gasteiger partial charge in [-0.2, -0.15) is 0 Å². The van der Waals surface area contributed by atoms with Gasteiger partial charge in [-0.05, 0) is 45.0 Å². The van der Waals surface area contributed by atoms with Crippen LogP contribution in [0.3, 0.4) is 0 Å². The van der Waals surface area contributed by atoms with Crippen molar-refractivity contribution in [3.8, 4) is 0 Å². The zero-order valence-corrected chi connectivity index (χ0v) is 19.7. The van der Waals surface area contributed by atoms with E-state index in [1.54, 1.807) is 56.3 Å². The molecule has 2 amide bonds. The van der Waals surface area contributed by atoms with Crippen LogP contribution in [0.2, 0.25) is 0 Å². The molecule has 2 aliphatic rings. The minimum atomic E-state index is -3.67. The van der Waals surface area contributed by atoms with Crippen LogP contribution in [-0.2, 0) is 29.1 Å². The number of amidine groups is 1.